The summed E-state index contributed by atoms with van der Waals surface area (Å²) in [5, 5.41) is 8.54. The van der Waals surface area contributed by atoms with E-state index < -0.39 is 12.0 Å². The number of imidazole rings is 1. The minimum absolute atomic E-state index is 0.0897. The highest BCUT2D eigenvalue weighted by Crippen LogP contribution is 2.30. The van der Waals surface area contributed by atoms with E-state index in [1.807, 2.05) is 17.2 Å². The molecule has 170 valence electrons. The highest BCUT2D eigenvalue weighted by Gasteiger charge is 2.36. The van der Waals surface area contributed by atoms with Crippen LogP contribution >= 0.6 is 0 Å². The standard InChI is InChI=1S/C20H18F3N9O/c1-24-8-14(25-2)16-15(17-29-18(31-30-17)20(21,22)23)28-19-27-7-13(9-32(16)19)11-33-10-12-4-3-5-26-6-12/h3-9,25H,1,10-11H2,2H3,(H,29,30,31)/b14-8-. The van der Waals surface area contributed by atoms with Crippen molar-refractivity contribution in [1.29, 1.82) is 0 Å². The number of nitrogens with zero attached hydrogens (tertiary/aromatic N) is 7. The number of aliphatic imine (C=N–C) groups is 1. The van der Waals surface area contributed by atoms with Crippen molar-refractivity contribution in [2.24, 2.45) is 4.99 Å². The van der Waals surface area contributed by atoms with E-state index in [0.29, 0.717) is 23.6 Å². The van der Waals surface area contributed by atoms with Gasteiger partial charge in [-0.05, 0) is 18.3 Å². The second-order valence-corrected chi connectivity index (χ2v) is 6.78. The fourth-order valence-corrected chi connectivity index (χ4v) is 3.06. The second-order valence-electron chi connectivity index (χ2n) is 6.78. The van der Waals surface area contributed by atoms with Gasteiger partial charge < -0.3 is 10.1 Å². The molecule has 0 aliphatic carbocycles. The number of halogens is 3. The van der Waals surface area contributed by atoms with Crippen molar-refractivity contribution < 1.29 is 17.9 Å². The van der Waals surface area contributed by atoms with Crippen LogP contribution in [0, 0.1) is 0 Å². The molecule has 4 aromatic rings. The molecule has 10 nitrogen and oxygen atoms in total. The summed E-state index contributed by atoms with van der Waals surface area (Å²) in [5.41, 5.74) is 2.52. The summed E-state index contributed by atoms with van der Waals surface area (Å²) in [6.45, 7) is 4.03. The van der Waals surface area contributed by atoms with E-state index in [1.165, 1.54) is 6.20 Å². The van der Waals surface area contributed by atoms with Crippen molar-refractivity contribution in [1.82, 2.24) is 39.9 Å². The fraction of sp³-hybridized carbons (Fsp3) is 0.200. The number of pyridine rings is 1. The van der Waals surface area contributed by atoms with Crippen molar-refractivity contribution in [2.75, 3.05) is 7.05 Å². The lowest BCUT2D eigenvalue weighted by Gasteiger charge is -2.09. The zero-order valence-electron chi connectivity index (χ0n) is 17.3. The molecule has 0 atom stereocenters. The molecule has 0 fully saturated rings. The van der Waals surface area contributed by atoms with Crippen LogP contribution in [0.4, 0.5) is 13.2 Å². The molecule has 0 amide bonds. The van der Waals surface area contributed by atoms with Crippen molar-refractivity contribution in [3.05, 3.63) is 65.8 Å². The summed E-state index contributed by atoms with van der Waals surface area (Å²) >= 11 is 0. The van der Waals surface area contributed by atoms with Gasteiger partial charge in [-0.2, -0.15) is 18.3 Å². The molecular weight excluding hydrogens is 439 g/mol. The molecule has 33 heavy (non-hydrogen) atoms. The van der Waals surface area contributed by atoms with Crippen molar-refractivity contribution in [3.63, 3.8) is 0 Å². The van der Waals surface area contributed by atoms with Gasteiger partial charge in [0.2, 0.25) is 17.4 Å². The van der Waals surface area contributed by atoms with Gasteiger partial charge in [-0.3, -0.25) is 19.5 Å². The van der Waals surface area contributed by atoms with Gasteiger partial charge in [-0.15, -0.1) is 0 Å². The van der Waals surface area contributed by atoms with Crippen LogP contribution in [0.2, 0.25) is 0 Å². The molecule has 0 unspecified atom stereocenters. The largest absolute Gasteiger partial charge is 0.451 e. The normalized spacial score (nSPS) is 12.3. The number of fused-ring (bicyclic) bond motifs is 1. The Labute approximate surface area is 185 Å². The van der Waals surface area contributed by atoms with E-state index in [0.717, 1.165) is 5.56 Å². The van der Waals surface area contributed by atoms with Crippen LogP contribution in [0.5, 0.6) is 0 Å². The first-order valence-electron chi connectivity index (χ1n) is 9.58. The number of aromatic nitrogens is 7. The van der Waals surface area contributed by atoms with Gasteiger partial charge in [0.05, 0.1) is 25.1 Å². The van der Waals surface area contributed by atoms with Gasteiger partial charge in [0.25, 0.3) is 0 Å². The maximum atomic E-state index is 13.0. The number of nitrogens with one attached hydrogen (secondary N) is 2. The van der Waals surface area contributed by atoms with E-state index in [4.69, 9.17) is 4.74 Å². The number of H-pyrrole nitrogens is 1. The van der Waals surface area contributed by atoms with Crippen molar-refractivity contribution in [3.8, 4) is 11.5 Å². The third-order valence-electron chi connectivity index (χ3n) is 4.50. The predicted molar refractivity (Wildman–Crippen MR) is 113 cm³/mol. The van der Waals surface area contributed by atoms with E-state index in [-0.39, 0.29) is 23.9 Å². The van der Waals surface area contributed by atoms with Gasteiger partial charge >= 0.3 is 6.18 Å². The Kier molecular flexibility index (Phi) is 6.13. The molecule has 0 aliphatic rings. The molecule has 0 saturated carbocycles. The maximum absolute atomic E-state index is 13.0. The van der Waals surface area contributed by atoms with Gasteiger partial charge in [0.15, 0.2) is 0 Å². The summed E-state index contributed by atoms with van der Waals surface area (Å²) in [6, 6.07) is 3.71. The molecule has 0 radical (unpaired) electrons. The van der Waals surface area contributed by atoms with E-state index in [2.05, 4.69) is 42.1 Å². The average Bonchev–Trinajstić information content (AvgIpc) is 3.43. The van der Waals surface area contributed by atoms with Crippen molar-refractivity contribution in [2.45, 2.75) is 19.4 Å². The molecule has 4 aromatic heterocycles. The van der Waals surface area contributed by atoms with Gasteiger partial charge in [0, 0.05) is 37.4 Å². The number of hydrogen-bond donors (Lipinski definition) is 2. The number of alkyl halides is 3. The predicted octanol–water partition coefficient (Wildman–Crippen LogP) is 2.86. The Morgan fingerprint density at radius 2 is 2.09 bits per heavy atom. The lowest BCUT2D eigenvalue weighted by molar-refractivity contribution is -0.144. The molecule has 0 spiro atoms. The third-order valence-corrected chi connectivity index (χ3v) is 4.50. The Hall–Kier alpha value is -4.13. The summed E-state index contributed by atoms with van der Waals surface area (Å²) in [6.07, 6.45) is 3.42. The van der Waals surface area contributed by atoms with E-state index in [9.17, 15) is 13.2 Å². The molecule has 0 bridgehead atoms. The molecule has 13 heteroatoms. The summed E-state index contributed by atoms with van der Waals surface area (Å²) in [7, 11) is 1.63. The van der Waals surface area contributed by atoms with E-state index >= 15 is 0 Å². The Bertz CT molecular complexity index is 1300. The number of rotatable bonds is 8. The molecule has 4 rings (SSSR count). The quantitative estimate of drug-likeness (QED) is 0.391. The Balaban J connectivity index is 1.73. The van der Waals surface area contributed by atoms with Crippen LogP contribution in [0.3, 0.4) is 0 Å². The smallest absolute Gasteiger partial charge is 0.385 e. The lowest BCUT2D eigenvalue weighted by Crippen LogP contribution is -2.09. The highest BCUT2D eigenvalue weighted by molar-refractivity contribution is 5.76. The number of aromatic amines is 1. The first-order chi connectivity index (χ1) is 15.9. The lowest BCUT2D eigenvalue weighted by atomic mass is 10.2. The zero-order chi connectivity index (χ0) is 23.4. The zero-order valence-corrected chi connectivity index (χ0v) is 17.3. The summed E-state index contributed by atoms with van der Waals surface area (Å²) in [4.78, 5) is 20.0. The van der Waals surface area contributed by atoms with Crippen LogP contribution in [-0.2, 0) is 24.1 Å². The molecular formula is C20H18F3N9O. The van der Waals surface area contributed by atoms with Crippen LogP contribution in [0.15, 0.2) is 48.1 Å². The Morgan fingerprint density at radius 1 is 1.27 bits per heavy atom. The molecule has 0 aromatic carbocycles. The first-order valence-corrected chi connectivity index (χ1v) is 9.58. The molecule has 4 heterocycles. The SMILES string of the molecule is C=N/C=C(\NC)c1c(-c2n[nH]c(C(F)(F)F)n2)nc2ncc(COCc3cccnc3)cn12. The van der Waals surface area contributed by atoms with Crippen molar-refractivity contribution >= 4 is 18.2 Å². The van der Waals surface area contributed by atoms with E-state index in [1.54, 1.807) is 36.2 Å². The van der Waals surface area contributed by atoms with Crippen LogP contribution in [-0.4, -0.2) is 48.3 Å². The number of ether oxygens (including phenoxy) is 1. The number of hydrogen-bond acceptors (Lipinski definition) is 8. The van der Waals surface area contributed by atoms with Gasteiger partial charge in [-0.25, -0.2) is 15.0 Å². The van der Waals surface area contributed by atoms with Gasteiger partial charge in [-0.1, -0.05) is 6.07 Å². The minimum atomic E-state index is -4.67. The first kappa shape index (κ1) is 22.1. The average molecular weight is 457 g/mol. The van der Waals surface area contributed by atoms with Crippen LogP contribution in [0.25, 0.3) is 23.0 Å². The van der Waals surface area contributed by atoms with Crippen LogP contribution < -0.4 is 5.32 Å². The topological polar surface area (TPSA) is 118 Å². The second kappa shape index (κ2) is 9.16. The minimum Gasteiger partial charge on any atom is -0.385 e. The monoisotopic (exact) mass is 457 g/mol. The molecule has 2 N–H and O–H groups in total. The highest BCUT2D eigenvalue weighted by atomic mass is 19.4. The fourth-order valence-electron chi connectivity index (χ4n) is 3.06. The molecule has 0 saturated heterocycles. The third kappa shape index (κ3) is 4.72. The Morgan fingerprint density at radius 3 is 2.76 bits per heavy atom. The maximum Gasteiger partial charge on any atom is 0.451 e. The van der Waals surface area contributed by atoms with Crippen LogP contribution in [0.1, 0.15) is 22.6 Å². The van der Waals surface area contributed by atoms with Gasteiger partial charge in [0.1, 0.15) is 11.4 Å². The summed E-state index contributed by atoms with van der Waals surface area (Å²) in [5.74, 6) is -1.23. The molecule has 0 aliphatic heterocycles. The summed E-state index contributed by atoms with van der Waals surface area (Å²) < 4.78 is 46.4.